The van der Waals surface area contributed by atoms with Gasteiger partial charge in [-0.1, -0.05) is 0 Å². The molecule has 0 radical (unpaired) electrons. The summed E-state index contributed by atoms with van der Waals surface area (Å²) in [6, 6.07) is 2.51. The molecule has 1 aromatic carbocycles. The van der Waals surface area contributed by atoms with Crippen LogP contribution in [0.1, 0.15) is 0 Å². The van der Waals surface area contributed by atoms with Crippen molar-refractivity contribution in [3.05, 3.63) is 28.3 Å². The van der Waals surface area contributed by atoms with Gasteiger partial charge in [-0.05, 0) is 0 Å². The minimum absolute atomic E-state index is 0.274. The van der Waals surface area contributed by atoms with Gasteiger partial charge in [0, 0.05) is 12.1 Å². The minimum atomic E-state index is -4.40. The maximum Gasteiger partial charge on any atom is 0.340 e. The molecule has 10 heteroatoms. The summed E-state index contributed by atoms with van der Waals surface area (Å²) < 4.78 is 53.5. The predicted molar refractivity (Wildman–Crippen MR) is 57.3 cm³/mol. The van der Waals surface area contributed by atoms with Crippen LogP contribution in [0.2, 0.25) is 0 Å². The Labute approximate surface area is 108 Å². The number of hydrogen-bond donors (Lipinski definition) is 0. The predicted octanol–water partition coefficient (Wildman–Crippen LogP) is 2.84. The molecule has 0 aliphatic carbocycles. The van der Waals surface area contributed by atoms with Crippen LogP contribution in [0.4, 0.5) is 28.9 Å². The summed E-state index contributed by atoms with van der Waals surface area (Å²) in [5.41, 5.74) is -0.874. The Bertz CT molecular complexity index is 538. The number of nitro benzene ring substituents is 1. The fourth-order valence-corrected chi connectivity index (χ4v) is 1.12. The Hall–Kier alpha value is -2.48. The number of aliphatic imine (C=N–C) groups is 1. The number of carbonyl (C=O) groups excluding carboxylic acids is 1. The number of alkyl halides is 4. The fourth-order valence-electron chi connectivity index (χ4n) is 1.12. The SMILES string of the molecule is O=C=Nc1cc(OCC(F)(F)C(F)F)cc([N+](=O)[O-])c1. The van der Waals surface area contributed by atoms with Crippen LogP contribution in [0, 0.1) is 10.1 Å². The minimum Gasteiger partial charge on any atom is -0.487 e. The molecule has 6 nitrogen and oxygen atoms in total. The van der Waals surface area contributed by atoms with Crippen molar-refractivity contribution < 1.29 is 32.0 Å². The smallest absolute Gasteiger partial charge is 0.340 e. The fraction of sp³-hybridized carbons (Fsp3) is 0.300. The molecule has 0 N–H and O–H groups in total. The summed E-state index contributed by atoms with van der Waals surface area (Å²) in [6.07, 6.45) is -2.84. The van der Waals surface area contributed by atoms with E-state index < -0.39 is 35.3 Å². The largest absolute Gasteiger partial charge is 0.487 e. The number of rotatable bonds is 6. The number of non-ortho nitro benzene ring substituents is 1. The van der Waals surface area contributed by atoms with Gasteiger partial charge in [0.2, 0.25) is 6.08 Å². The van der Waals surface area contributed by atoms with Crippen molar-refractivity contribution in [3.8, 4) is 5.75 Å². The lowest BCUT2D eigenvalue weighted by atomic mass is 10.2. The van der Waals surface area contributed by atoms with Gasteiger partial charge in [0.05, 0.1) is 16.7 Å². The molecule has 0 aliphatic heterocycles. The van der Waals surface area contributed by atoms with Gasteiger partial charge in [0.1, 0.15) is 5.75 Å². The van der Waals surface area contributed by atoms with Crippen LogP contribution in [-0.2, 0) is 4.79 Å². The normalized spacial score (nSPS) is 11.1. The van der Waals surface area contributed by atoms with Crippen LogP contribution in [-0.4, -0.2) is 30.0 Å². The first-order chi connectivity index (χ1) is 9.26. The summed E-state index contributed by atoms with van der Waals surface area (Å²) in [5, 5.41) is 10.6. The Morgan fingerprint density at radius 3 is 2.55 bits per heavy atom. The lowest BCUT2D eigenvalue weighted by Gasteiger charge is -2.15. The van der Waals surface area contributed by atoms with Crippen LogP contribution in [0.3, 0.4) is 0 Å². The molecule has 108 valence electrons. The molecule has 0 unspecified atom stereocenters. The Kier molecular flexibility index (Phi) is 4.76. The second-order valence-corrected chi connectivity index (χ2v) is 3.50. The highest BCUT2D eigenvalue weighted by atomic mass is 19.3. The molecule has 0 saturated carbocycles. The first kappa shape index (κ1) is 15.6. The molecule has 0 aliphatic rings. The van der Waals surface area contributed by atoms with Gasteiger partial charge in [0.25, 0.3) is 5.69 Å². The molecule has 0 heterocycles. The van der Waals surface area contributed by atoms with E-state index in [0.29, 0.717) is 0 Å². The van der Waals surface area contributed by atoms with Crippen molar-refractivity contribution in [2.75, 3.05) is 6.61 Å². The molecule has 0 saturated heterocycles. The zero-order chi connectivity index (χ0) is 15.3. The van der Waals surface area contributed by atoms with Gasteiger partial charge >= 0.3 is 12.3 Å². The third kappa shape index (κ3) is 4.02. The van der Waals surface area contributed by atoms with Crippen LogP contribution in [0.5, 0.6) is 5.75 Å². The average Bonchev–Trinajstić information content (AvgIpc) is 2.36. The summed E-state index contributed by atoms with van der Waals surface area (Å²) in [5.74, 6) is -4.90. The van der Waals surface area contributed by atoms with Crippen molar-refractivity contribution in [2.45, 2.75) is 12.3 Å². The quantitative estimate of drug-likeness (QED) is 0.265. The molecule has 0 bridgehead atoms. The van der Waals surface area contributed by atoms with Crippen molar-refractivity contribution in [1.82, 2.24) is 0 Å². The number of ether oxygens (including phenoxy) is 1. The third-order valence-corrected chi connectivity index (χ3v) is 2.01. The highest BCUT2D eigenvalue weighted by molar-refractivity contribution is 5.57. The van der Waals surface area contributed by atoms with E-state index in [1.165, 1.54) is 0 Å². The first-order valence-electron chi connectivity index (χ1n) is 4.92. The number of nitro groups is 1. The van der Waals surface area contributed by atoms with Crippen molar-refractivity contribution in [3.63, 3.8) is 0 Å². The van der Waals surface area contributed by atoms with Crippen molar-refractivity contribution in [1.29, 1.82) is 0 Å². The van der Waals surface area contributed by atoms with E-state index in [4.69, 9.17) is 0 Å². The van der Waals surface area contributed by atoms with E-state index in [0.717, 1.165) is 24.3 Å². The zero-order valence-corrected chi connectivity index (χ0v) is 9.56. The number of nitrogens with zero attached hydrogens (tertiary/aromatic N) is 2. The second-order valence-electron chi connectivity index (χ2n) is 3.50. The van der Waals surface area contributed by atoms with Crippen LogP contribution in [0.25, 0.3) is 0 Å². The Balaban J connectivity index is 3.00. The molecule has 0 atom stereocenters. The molecular weight excluding hydrogens is 288 g/mol. The molecule has 1 aromatic rings. The maximum atomic E-state index is 12.6. The first-order valence-corrected chi connectivity index (χ1v) is 4.92. The molecule has 0 amide bonds. The molecule has 0 fully saturated rings. The zero-order valence-electron chi connectivity index (χ0n) is 9.56. The van der Waals surface area contributed by atoms with Crippen molar-refractivity contribution in [2.24, 2.45) is 4.99 Å². The van der Waals surface area contributed by atoms with Gasteiger partial charge in [0.15, 0.2) is 6.61 Å². The standard InChI is InChI=1S/C10H6F4N2O4/c11-9(12)10(13,14)4-20-8-2-6(15-5-17)1-7(3-8)16(18)19/h1-3,9H,4H2. The highest BCUT2D eigenvalue weighted by Gasteiger charge is 2.41. The van der Waals surface area contributed by atoms with E-state index in [9.17, 15) is 32.5 Å². The molecule has 20 heavy (non-hydrogen) atoms. The summed E-state index contributed by atoms with van der Waals surface area (Å²) in [7, 11) is 0. The number of halogens is 4. The van der Waals surface area contributed by atoms with Crippen LogP contribution in [0.15, 0.2) is 23.2 Å². The van der Waals surface area contributed by atoms with Crippen LogP contribution >= 0.6 is 0 Å². The second kappa shape index (κ2) is 6.11. The Morgan fingerprint density at radius 2 is 2.05 bits per heavy atom. The van der Waals surface area contributed by atoms with E-state index in [1.54, 1.807) is 0 Å². The maximum absolute atomic E-state index is 12.6. The van der Waals surface area contributed by atoms with Crippen molar-refractivity contribution >= 4 is 17.5 Å². The van der Waals surface area contributed by atoms with E-state index >= 15 is 0 Å². The number of hydrogen-bond acceptors (Lipinski definition) is 5. The van der Waals surface area contributed by atoms with E-state index in [1.807, 2.05) is 0 Å². The monoisotopic (exact) mass is 294 g/mol. The molecular formula is C10H6F4N2O4. The molecule has 0 aromatic heterocycles. The number of isocyanates is 1. The number of benzene rings is 1. The van der Waals surface area contributed by atoms with Gasteiger partial charge in [-0.25, -0.2) is 13.6 Å². The lowest BCUT2D eigenvalue weighted by molar-refractivity contribution is -0.384. The Morgan fingerprint density at radius 1 is 1.40 bits per heavy atom. The summed E-state index contributed by atoms with van der Waals surface area (Å²) >= 11 is 0. The van der Waals surface area contributed by atoms with Gasteiger partial charge in [-0.2, -0.15) is 13.8 Å². The van der Waals surface area contributed by atoms with Gasteiger partial charge in [-0.3, -0.25) is 10.1 Å². The average molecular weight is 294 g/mol. The summed E-state index contributed by atoms with van der Waals surface area (Å²) in [4.78, 5) is 22.8. The highest BCUT2D eigenvalue weighted by Crippen LogP contribution is 2.30. The van der Waals surface area contributed by atoms with E-state index in [2.05, 4.69) is 9.73 Å². The molecule has 1 rings (SSSR count). The van der Waals surface area contributed by atoms with Gasteiger partial charge in [-0.15, -0.1) is 0 Å². The lowest BCUT2D eigenvalue weighted by Crippen LogP contribution is -2.33. The third-order valence-electron chi connectivity index (χ3n) is 2.01. The molecule has 0 spiro atoms. The van der Waals surface area contributed by atoms with E-state index in [-0.39, 0.29) is 5.69 Å². The topological polar surface area (TPSA) is 81.8 Å². The van der Waals surface area contributed by atoms with Gasteiger partial charge < -0.3 is 4.74 Å². The summed E-state index contributed by atoms with van der Waals surface area (Å²) in [6.45, 7) is -1.67. The van der Waals surface area contributed by atoms with Crippen LogP contribution < -0.4 is 4.74 Å².